The van der Waals surface area contributed by atoms with Gasteiger partial charge in [-0.1, -0.05) is 30.3 Å². The molecule has 0 atom stereocenters. The average Bonchev–Trinajstić information content (AvgIpc) is 3.41. The van der Waals surface area contributed by atoms with E-state index in [1.54, 1.807) is 11.3 Å². The summed E-state index contributed by atoms with van der Waals surface area (Å²) in [4.78, 5) is 28.0. The Bertz CT molecular complexity index is 1290. The lowest BCUT2D eigenvalue weighted by Crippen LogP contribution is -2.38. The lowest BCUT2D eigenvalue weighted by atomic mass is 10.2. The number of carbonyl (C=O) groups is 2. The minimum Gasteiger partial charge on any atom is -0.379 e. The van der Waals surface area contributed by atoms with E-state index in [-0.39, 0.29) is 11.8 Å². The topological polar surface area (TPSA) is 70.7 Å². The molecular formula is C25H25N3O3S2. The van der Waals surface area contributed by atoms with Crippen molar-refractivity contribution in [3.05, 3.63) is 65.0 Å². The fourth-order valence-electron chi connectivity index (χ4n) is 3.95. The van der Waals surface area contributed by atoms with Crippen molar-refractivity contribution in [3.8, 4) is 0 Å². The number of carbonyl (C=O) groups excluding carboxylic acids is 2. The third-order valence-corrected chi connectivity index (χ3v) is 8.11. The van der Waals surface area contributed by atoms with Gasteiger partial charge in [0.15, 0.2) is 0 Å². The van der Waals surface area contributed by atoms with Crippen molar-refractivity contribution in [2.75, 3.05) is 38.2 Å². The van der Waals surface area contributed by atoms with Crippen LogP contribution in [0.15, 0.2) is 54.6 Å². The van der Waals surface area contributed by atoms with Gasteiger partial charge in [0.2, 0.25) is 5.91 Å². The number of nitrogens with zero attached hydrogens (tertiary/aromatic N) is 1. The van der Waals surface area contributed by atoms with Crippen molar-refractivity contribution in [1.82, 2.24) is 10.2 Å². The van der Waals surface area contributed by atoms with Crippen molar-refractivity contribution < 1.29 is 14.3 Å². The first kappa shape index (κ1) is 22.0. The summed E-state index contributed by atoms with van der Waals surface area (Å²) in [6, 6.07) is 17.9. The Balaban J connectivity index is 1.16. The van der Waals surface area contributed by atoms with E-state index in [1.165, 1.54) is 26.1 Å². The number of morpholine rings is 1. The van der Waals surface area contributed by atoms with E-state index in [0.29, 0.717) is 13.0 Å². The summed E-state index contributed by atoms with van der Waals surface area (Å²) >= 11 is 3.25. The molecule has 2 aromatic carbocycles. The Morgan fingerprint density at radius 1 is 0.970 bits per heavy atom. The molecule has 0 aliphatic carbocycles. The number of amides is 2. The summed E-state index contributed by atoms with van der Waals surface area (Å²) in [7, 11) is 0. The normalized spacial score (nSPS) is 14.5. The second kappa shape index (κ2) is 10.0. The number of hydrogen-bond acceptors (Lipinski definition) is 6. The van der Waals surface area contributed by atoms with Gasteiger partial charge in [0, 0.05) is 53.1 Å². The maximum atomic E-state index is 12.7. The highest BCUT2D eigenvalue weighted by molar-refractivity contribution is 7.33. The molecule has 2 aromatic heterocycles. The van der Waals surface area contributed by atoms with Crippen molar-refractivity contribution in [2.24, 2.45) is 0 Å². The van der Waals surface area contributed by atoms with Crippen LogP contribution in [0.5, 0.6) is 0 Å². The Kier molecular flexibility index (Phi) is 6.68. The quantitative estimate of drug-likeness (QED) is 0.403. The fourth-order valence-corrected chi connectivity index (χ4v) is 6.39. The van der Waals surface area contributed by atoms with Crippen LogP contribution < -0.4 is 10.6 Å². The number of anilines is 1. The highest BCUT2D eigenvalue weighted by Crippen LogP contribution is 2.39. The molecule has 3 heterocycles. The van der Waals surface area contributed by atoms with E-state index < -0.39 is 0 Å². The molecule has 1 saturated heterocycles. The molecule has 170 valence electrons. The molecule has 0 radical (unpaired) electrons. The lowest BCUT2D eigenvalue weighted by Gasteiger charge is -2.26. The first-order chi connectivity index (χ1) is 16.2. The predicted molar refractivity (Wildman–Crippen MR) is 135 cm³/mol. The lowest BCUT2D eigenvalue weighted by molar-refractivity contribution is -0.116. The van der Waals surface area contributed by atoms with Gasteiger partial charge in [-0.2, -0.15) is 0 Å². The van der Waals surface area contributed by atoms with Crippen LogP contribution in [0, 0.1) is 0 Å². The molecule has 5 rings (SSSR count). The van der Waals surface area contributed by atoms with Crippen LogP contribution in [-0.2, 0) is 16.1 Å². The van der Waals surface area contributed by atoms with Gasteiger partial charge in [0.25, 0.3) is 5.91 Å². The van der Waals surface area contributed by atoms with Gasteiger partial charge in [0.1, 0.15) is 0 Å². The second-order valence-corrected chi connectivity index (χ2v) is 10.2. The first-order valence-electron chi connectivity index (χ1n) is 11.0. The van der Waals surface area contributed by atoms with Gasteiger partial charge < -0.3 is 15.4 Å². The van der Waals surface area contributed by atoms with E-state index in [2.05, 4.69) is 27.7 Å². The van der Waals surface area contributed by atoms with Crippen molar-refractivity contribution in [1.29, 1.82) is 0 Å². The smallest absolute Gasteiger partial charge is 0.261 e. The molecule has 33 heavy (non-hydrogen) atoms. The third-order valence-electron chi connectivity index (χ3n) is 5.70. The number of benzene rings is 2. The summed E-state index contributed by atoms with van der Waals surface area (Å²) < 4.78 is 8.90. The molecule has 6 nitrogen and oxygen atoms in total. The largest absolute Gasteiger partial charge is 0.379 e. The molecule has 2 N–H and O–H groups in total. The molecule has 8 heteroatoms. The van der Waals surface area contributed by atoms with Crippen molar-refractivity contribution in [3.63, 3.8) is 0 Å². The number of thiophene rings is 2. The summed E-state index contributed by atoms with van der Waals surface area (Å²) in [6.45, 7) is 4.36. The fraction of sp³-hybridized carbons (Fsp3) is 0.280. The Morgan fingerprint density at radius 3 is 2.70 bits per heavy atom. The van der Waals surface area contributed by atoms with Crippen LogP contribution in [0.2, 0.25) is 0 Å². The minimum absolute atomic E-state index is 0.00596. The Labute approximate surface area is 200 Å². The number of ether oxygens (including phenoxy) is 1. The van der Waals surface area contributed by atoms with Crippen molar-refractivity contribution >= 4 is 59.7 Å². The SMILES string of the molecule is O=C(CCN1CCOCC1)Nc1cccc(CNC(=O)c2cc3sc4ccccc4c3s2)c1. The van der Waals surface area contributed by atoms with Gasteiger partial charge in [0.05, 0.1) is 22.8 Å². The molecule has 0 bridgehead atoms. The number of hydrogen-bond donors (Lipinski definition) is 2. The third kappa shape index (κ3) is 5.25. The predicted octanol–water partition coefficient (Wildman–Crippen LogP) is 4.71. The van der Waals surface area contributed by atoms with Crippen LogP contribution in [0.1, 0.15) is 21.7 Å². The highest BCUT2D eigenvalue weighted by Gasteiger charge is 2.15. The summed E-state index contributed by atoms with van der Waals surface area (Å²) in [6.07, 6.45) is 0.450. The summed E-state index contributed by atoms with van der Waals surface area (Å²) in [5.74, 6) is -0.0824. The Morgan fingerprint density at radius 2 is 1.82 bits per heavy atom. The molecule has 0 unspecified atom stereocenters. The van der Waals surface area contributed by atoms with Crippen LogP contribution in [0.25, 0.3) is 19.5 Å². The molecule has 0 spiro atoms. The maximum absolute atomic E-state index is 12.7. The Hall–Kier alpha value is -2.78. The molecule has 1 aliphatic rings. The summed E-state index contributed by atoms with van der Waals surface area (Å²) in [5.41, 5.74) is 1.69. The van der Waals surface area contributed by atoms with E-state index in [0.717, 1.165) is 53.7 Å². The highest BCUT2D eigenvalue weighted by atomic mass is 32.1. The number of nitrogens with one attached hydrogen (secondary N) is 2. The second-order valence-electron chi connectivity index (χ2n) is 8.04. The van der Waals surface area contributed by atoms with Crippen molar-refractivity contribution in [2.45, 2.75) is 13.0 Å². The maximum Gasteiger partial charge on any atom is 0.261 e. The monoisotopic (exact) mass is 479 g/mol. The van der Waals surface area contributed by atoms with Crippen LogP contribution in [-0.4, -0.2) is 49.6 Å². The summed E-state index contributed by atoms with van der Waals surface area (Å²) in [5, 5.41) is 7.18. The zero-order valence-corrected chi connectivity index (χ0v) is 19.8. The molecule has 2 amide bonds. The molecule has 1 aliphatic heterocycles. The van der Waals surface area contributed by atoms with Crippen LogP contribution in [0.4, 0.5) is 5.69 Å². The zero-order valence-electron chi connectivity index (χ0n) is 18.1. The molecule has 1 fully saturated rings. The molecule has 4 aromatic rings. The first-order valence-corrected chi connectivity index (χ1v) is 12.7. The number of fused-ring (bicyclic) bond motifs is 3. The minimum atomic E-state index is -0.0765. The van der Waals surface area contributed by atoms with E-state index in [9.17, 15) is 9.59 Å². The average molecular weight is 480 g/mol. The van der Waals surface area contributed by atoms with Gasteiger partial charge >= 0.3 is 0 Å². The van der Waals surface area contributed by atoms with Gasteiger partial charge in [-0.25, -0.2) is 0 Å². The molecule has 0 saturated carbocycles. The van der Waals surface area contributed by atoms with E-state index in [4.69, 9.17) is 4.74 Å². The molecular weight excluding hydrogens is 454 g/mol. The van der Waals surface area contributed by atoms with E-state index in [1.807, 2.05) is 42.5 Å². The van der Waals surface area contributed by atoms with Crippen LogP contribution >= 0.6 is 22.7 Å². The standard InChI is InChI=1S/C25H25N3O3S2/c29-23(8-9-28-10-12-31-13-11-28)27-18-5-3-4-17(14-18)16-26-25(30)22-15-21-24(33-22)19-6-1-2-7-20(19)32-21/h1-7,14-15H,8-13,16H2,(H,26,30)(H,27,29). The zero-order chi connectivity index (χ0) is 22.6. The number of rotatable bonds is 7. The van der Waals surface area contributed by atoms with E-state index >= 15 is 0 Å². The van der Waals surface area contributed by atoms with Gasteiger partial charge in [-0.05, 0) is 29.8 Å². The van der Waals surface area contributed by atoms with Gasteiger partial charge in [-0.15, -0.1) is 22.7 Å². The van der Waals surface area contributed by atoms with Crippen LogP contribution in [0.3, 0.4) is 0 Å². The van der Waals surface area contributed by atoms with Gasteiger partial charge in [-0.3, -0.25) is 14.5 Å².